The van der Waals surface area contributed by atoms with Gasteiger partial charge < -0.3 is 0 Å². The Morgan fingerprint density at radius 1 is 1.10 bits per heavy atom. The molecule has 1 atom stereocenters. The van der Waals surface area contributed by atoms with Crippen LogP contribution in [-0.2, 0) is 0 Å². The van der Waals surface area contributed by atoms with Crippen LogP contribution in [0.1, 0.15) is 31.9 Å². The highest BCUT2D eigenvalue weighted by molar-refractivity contribution is 7.13. The molecule has 3 heteroatoms. The van der Waals surface area contributed by atoms with Crippen LogP contribution in [0, 0.1) is 0 Å². The monoisotopic (exact) mass is 294 g/mol. The Kier molecular flexibility index (Phi) is 4.11. The quantitative estimate of drug-likeness (QED) is 0.645. The molecule has 0 radical (unpaired) electrons. The molecule has 3 rings (SSSR count). The molecule has 0 aliphatic heterocycles. The van der Waals surface area contributed by atoms with E-state index in [1.54, 1.807) is 11.3 Å². The third-order valence-corrected chi connectivity index (χ3v) is 4.63. The first kappa shape index (κ1) is 14.0. The predicted octanol–water partition coefficient (Wildman–Crippen LogP) is 5.39. The van der Waals surface area contributed by atoms with Gasteiger partial charge in [0.2, 0.25) is 0 Å². The molecule has 2 aromatic heterocycles. The lowest BCUT2D eigenvalue weighted by Crippen LogP contribution is -1.97. The number of rotatable bonds is 4. The molecule has 0 saturated heterocycles. The van der Waals surface area contributed by atoms with Gasteiger partial charge in [-0.15, -0.1) is 11.3 Å². The number of aromatic nitrogens is 2. The molecule has 0 aliphatic carbocycles. The summed E-state index contributed by atoms with van der Waals surface area (Å²) in [5, 5.41) is 0. The van der Waals surface area contributed by atoms with Crippen molar-refractivity contribution in [2.45, 2.75) is 26.2 Å². The summed E-state index contributed by atoms with van der Waals surface area (Å²) in [6, 6.07) is 12.7. The summed E-state index contributed by atoms with van der Waals surface area (Å²) in [5.41, 5.74) is 6.64. The van der Waals surface area contributed by atoms with E-state index in [1.807, 2.05) is 24.0 Å². The second-order valence-electron chi connectivity index (χ2n) is 5.20. The molecule has 0 aliphatic rings. The van der Waals surface area contributed by atoms with Crippen LogP contribution in [0.25, 0.3) is 21.6 Å². The maximum Gasteiger partial charge on any atom is 0.0797 e. The van der Waals surface area contributed by atoms with Crippen LogP contribution in [0.2, 0.25) is 0 Å². The van der Waals surface area contributed by atoms with E-state index in [1.165, 1.54) is 21.6 Å². The molecule has 0 bridgehead atoms. The normalized spacial score (nSPS) is 12.3. The van der Waals surface area contributed by atoms with Crippen molar-refractivity contribution in [2.24, 2.45) is 0 Å². The van der Waals surface area contributed by atoms with Gasteiger partial charge >= 0.3 is 0 Å². The molecule has 3 aromatic rings. The van der Waals surface area contributed by atoms with Crippen LogP contribution in [0.5, 0.6) is 0 Å². The molecule has 0 spiro atoms. The summed E-state index contributed by atoms with van der Waals surface area (Å²) >= 11 is 1.67. The van der Waals surface area contributed by atoms with Crippen molar-refractivity contribution in [3.63, 3.8) is 0 Å². The van der Waals surface area contributed by atoms with Crippen molar-refractivity contribution in [3.05, 3.63) is 60.0 Å². The van der Waals surface area contributed by atoms with Crippen molar-refractivity contribution in [1.82, 2.24) is 9.97 Å². The Morgan fingerprint density at radius 2 is 1.90 bits per heavy atom. The van der Waals surface area contributed by atoms with Gasteiger partial charge in [-0.3, -0.25) is 9.97 Å². The van der Waals surface area contributed by atoms with Crippen molar-refractivity contribution < 1.29 is 0 Å². The van der Waals surface area contributed by atoms with Gasteiger partial charge in [0, 0.05) is 29.2 Å². The van der Waals surface area contributed by atoms with Gasteiger partial charge in [-0.25, -0.2) is 0 Å². The van der Waals surface area contributed by atoms with Crippen LogP contribution in [0.3, 0.4) is 0 Å². The molecule has 21 heavy (non-hydrogen) atoms. The van der Waals surface area contributed by atoms with Crippen molar-refractivity contribution in [1.29, 1.82) is 0 Å². The summed E-state index contributed by atoms with van der Waals surface area (Å²) < 4.78 is 0. The van der Waals surface area contributed by atoms with Gasteiger partial charge in [0.1, 0.15) is 0 Å². The first-order valence-electron chi connectivity index (χ1n) is 7.23. The van der Waals surface area contributed by atoms with E-state index < -0.39 is 0 Å². The van der Waals surface area contributed by atoms with E-state index in [-0.39, 0.29) is 0 Å². The predicted molar refractivity (Wildman–Crippen MR) is 89.5 cm³/mol. The van der Waals surface area contributed by atoms with E-state index in [0.717, 1.165) is 12.1 Å². The first-order valence-corrected chi connectivity index (χ1v) is 8.11. The molecular formula is C18H18N2S. The zero-order valence-corrected chi connectivity index (χ0v) is 13.1. The third-order valence-electron chi connectivity index (χ3n) is 3.82. The van der Waals surface area contributed by atoms with Crippen molar-refractivity contribution in [2.75, 3.05) is 0 Å². The second kappa shape index (κ2) is 6.19. The fourth-order valence-corrected chi connectivity index (χ4v) is 3.00. The highest BCUT2D eigenvalue weighted by atomic mass is 32.1. The van der Waals surface area contributed by atoms with Gasteiger partial charge in [-0.1, -0.05) is 44.2 Å². The zero-order valence-electron chi connectivity index (χ0n) is 12.3. The van der Waals surface area contributed by atoms with Crippen LogP contribution in [0.4, 0.5) is 0 Å². The lowest BCUT2D eigenvalue weighted by molar-refractivity contribution is 0.709. The Bertz CT molecular complexity index is 705. The fourth-order valence-electron chi connectivity index (χ4n) is 2.35. The molecule has 2 nitrogen and oxygen atoms in total. The molecule has 0 N–H and O–H groups in total. The van der Waals surface area contributed by atoms with Crippen molar-refractivity contribution in [3.8, 4) is 21.6 Å². The van der Waals surface area contributed by atoms with E-state index >= 15 is 0 Å². The third kappa shape index (κ3) is 2.88. The van der Waals surface area contributed by atoms with E-state index in [4.69, 9.17) is 0 Å². The maximum atomic E-state index is 4.68. The lowest BCUT2D eigenvalue weighted by atomic mass is 9.96. The average molecular weight is 294 g/mol. The number of benzene rings is 1. The smallest absolute Gasteiger partial charge is 0.0797 e. The molecule has 2 heterocycles. The minimum absolute atomic E-state index is 0.474. The lowest BCUT2D eigenvalue weighted by Gasteiger charge is -2.13. The summed E-state index contributed by atoms with van der Waals surface area (Å²) in [7, 11) is 0. The Labute approximate surface area is 129 Å². The van der Waals surface area contributed by atoms with Crippen LogP contribution in [-0.4, -0.2) is 9.97 Å². The number of nitrogens with zero attached hydrogens (tertiary/aromatic N) is 2. The van der Waals surface area contributed by atoms with Crippen LogP contribution >= 0.6 is 11.3 Å². The number of thiazole rings is 1. The maximum absolute atomic E-state index is 4.68. The number of hydrogen-bond acceptors (Lipinski definition) is 3. The molecule has 106 valence electrons. The first-order chi connectivity index (χ1) is 10.3. The summed E-state index contributed by atoms with van der Waals surface area (Å²) in [5.74, 6) is 0.474. The zero-order chi connectivity index (χ0) is 14.7. The van der Waals surface area contributed by atoms with E-state index in [9.17, 15) is 0 Å². The standard InChI is InChI=1S/C18H18N2S/c1-3-13(2)17-9-15(18-11-19-12-21-18)16(10-20-17)14-7-5-4-6-8-14/h4-13H,3H2,1-2H3. The highest BCUT2D eigenvalue weighted by Crippen LogP contribution is 2.35. The van der Waals surface area contributed by atoms with E-state index in [2.05, 4.69) is 54.1 Å². The van der Waals surface area contributed by atoms with Gasteiger partial charge in [0.05, 0.1) is 10.4 Å². The topological polar surface area (TPSA) is 25.8 Å². The Balaban J connectivity index is 2.16. The molecule has 0 amide bonds. The minimum atomic E-state index is 0.474. The van der Waals surface area contributed by atoms with Gasteiger partial charge in [0.25, 0.3) is 0 Å². The van der Waals surface area contributed by atoms with Gasteiger partial charge in [-0.05, 0) is 24.0 Å². The number of pyridine rings is 1. The van der Waals surface area contributed by atoms with Crippen LogP contribution in [0.15, 0.2) is 54.3 Å². The SMILES string of the molecule is CCC(C)c1cc(-c2cncs2)c(-c2ccccc2)cn1. The molecule has 1 aromatic carbocycles. The second-order valence-corrected chi connectivity index (χ2v) is 6.08. The van der Waals surface area contributed by atoms with Crippen LogP contribution < -0.4 is 0 Å². The van der Waals surface area contributed by atoms with E-state index in [0.29, 0.717) is 5.92 Å². The Hall–Kier alpha value is -2.00. The minimum Gasteiger partial charge on any atom is -0.260 e. The molecule has 0 fully saturated rings. The molecule has 0 saturated carbocycles. The van der Waals surface area contributed by atoms with Gasteiger partial charge in [0.15, 0.2) is 0 Å². The van der Waals surface area contributed by atoms with Crippen molar-refractivity contribution >= 4 is 11.3 Å². The molecular weight excluding hydrogens is 276 g/mol. The summed E-state index contributed by atoms with van der Waals surface area (Å²) in [4.78, 5) is 10.1. The highest BCUT2D eigenvalue weighted by Gasteiger charge is 2.13. The summed E-state index contributed by atoms with van der Waals surface area (Å²) in [6.07, 6.45) is 5.04. The Morgan fingerprint density at radius 3 is 2.57 bits per heavy atom. The summed E-state index contributed by atoms with van der Waals surface area (Å²) in [6.45, 7) is 4.42. The fraction of sp³-hybridized carbons (Fsp3) is 0.222. The number of hydrogen-bond donors (Lipinski definition) is 0. The van der Waals surface area contributed by atoms with Gasteiger partial charge in [-0.2, -0.15) is 0 Å². The average Bonchev–Trinajstić information content (AvgIpc) is 3.09. The molecule has 1 unspecified atom stereocenters. The largest absolute Gasteiger partial charge is 0.260 e.